The van der Waals surface area contributed by atoms with Crippen LogP contribution in [0.4, 0.5) is 5.69 Å². The van der Waals surface area contributed by atoms with Gasteiger partial charge in [0, 0.05) is 11.4 Å². The van der Waals surface area contributed by atoms with Crippen LogP contribution in [-0.4, -0.2) is 27.2 Å². The molecule has 0 aliphatic rings. The monoisotopic (exact) mass is 359 g/mol. The molecule has 0 radical (unpaired) electrons. The number of nitrogens with one attached hydrogen (secondary N) is 1. The average molecular weight is 361 g/mol. The lowest BCUT2D eigenvalue weighted by Crippen LogP contribution is -2.18. The van der Waals surface area contributed by atoms with Gasteiger partial charge in [0.1, 0.15) is 0 Å². The van der Waals surface area contributed by atoms with Gasteiger partial charge in [0.05, 0.1) is 28.6 Å². The Bertz CT molecular complexity index is 581. The van der Waals surface area contributed by atoms with Gasteiger partial charge >= 0.3 is 5.97 Å². The lowest BCUT2D eigenvalue weighted by atomic mass is 10.3. The first-order chi connectivity index (χ1) is 9.25. The zero-order chi connectivity index (χ0) is 15.3. The molecule has 9 heteroatoms. The number of ether oxygens (including phenoxy) is 1. The summed E-state index contributed by atoms with van der Waals surface area (Å²) in [4.78, 5) is 10.9. The van der Waals surface area contributed by atoms with Crippen molar-refractivity contribution >= 4 is 56.5 Å². The Hall–Kier alpha value is -0.690. The second kappa shape index (κ2) is 7.36. The molecular formula is C11H12Cl3NO4S. The molecule has 0 saturated heterocycles. The van der Waals surface area contributed by atoms with Crippen LogP contribution in [0.15, 0.2) is 12.1 Å². The van der Waals surface area contributed by atoms with Gasteiger partial charge in [-0.25, -0.2) is 8.42 Å². The molecule has 5 nitrogen and oxygen atoms in total. The summed E-state index contributed by atoms with van der Waals surface area (Å²) in [5.41, 5.74) is 0.0656. The maximum absolute atomic E-state index is 11.8. The molecule has 1 N–H and O–H groups in total. The molecule has 0 atom stereocenters. The van der Waals surface area contributed by atoms with Crippen molar-refractivity contribution in [2.45, 2.75) is 12.8 Å². The molecule has 112 valence electrons. The molecule has 0 saturated carbocycles. The van der Waals surface area contributed by atoms with Crippen molar-refractivity contribution < 1.29 is 17.9 Å². The van der Waals surface area contributed by atoms with Crippen molar-refractivity contribution in [1.29, 1.82) is 0 Å². The van der Waals surface area contributed by atoms with Gasteiger partial charge in [-0.05, 0) is 18.6 Å². The summed E-state index contributed by atoms with van der Waals surface area (Å²) in [6, 6.07) is 2.75. The number of hydrogen-bond acceptors (Lipinski definition) is 4. The minimum absolute atomic E-state index is 0.0134. The van der Waals surface area contributed by atoms with Gasteiger partial charge in [-0.3, -0.25) is 9.52 Å². The van der Waals surface area contributed by atoms with E-state index in [1.54, 1.807) is 0 Å². The van der Waals surface area contributed by atoms with E-state index in [-0.39, 0.29) is 34.3 Å². The molecule has 0 unspecified atom stereocenters. The summed E-state index contributed by atoms with van der Waals surface area (Å²) in [6.07, 6.45) is 0.143. The quantitative estimate of drug-likeness (QED) is 0.790. The van der Waals surface area contributed by atoms with E-state index in [0.717, 1.165) is 0 Å². The lowest BCUT2D eigenvalue weighted by molar-refractivity contribution is -0.140. The Morgan fingerprint density at radius 2 is 1.80 bits per heavy atom. The Morgan fingerprint density at radius 1 is 1.25 bits per heavy atom. The van der Waals surface area contributed by atoms with Crippen LogP contribution >= 0.6 is 34.8 Å². The van der Waals surface area contributed by atoms with Crippen molar-refractivity contribution in [3.05, 3.63) is 27.2 Å². The second-order valence-electron chi connectivity index (χ2n) is 3.85. The zero-order valence-corrected chi connectivity index (χ0v) is 13.5. The summed E-state index contributed by atoms with van der Waals surface area (Å²) in [5, 5.41) is 0.492. The van der Waals surface area contributed by atoms with Crippen molar-refractivity contribution in [2.75, 3.05) is 17.6 Å². The van der Waals surface area contributed by atoms with E-state index < -0.39 is 16.0 Å². The molecule has 20 heavy (non-hydrogen) atoms. The third-order valence-corrected chi connectivity index (χ3v) is 4.44. The van der Waals surface area contributed by atoms with Crippen LogP contribution in [-0.2, 0) is 19.6 Å². The van der Waals surface area contributed by atoms with Crippen LogP contribution in [0, 0.1) is 0 Å². The standard InChI is InChI=1S/C11H12Cl3NO4S/c1-19-10(16)3-2-4-20(17,18)15-11-8(13)5-7(12)6-9(11)14/h5-6,15H,2-4H2,1H3. The van der Waals surface area contributed by atoms with E-state index in [1.165, 1.54) is 19.2 Å². The second-order valence-corrected chi connectivity index (χ2v) is 6.94. The highest BCUT2D eigenvalue weighted by Crippen LogP contribution is 2.34. The Labute approximate surface area is 132 Å². The third-order valence-electron chi connectivity index (χ3n) is 2.29. The molecule has 1 aromatic rings. The molecule has 0 aliphatic heterocycles. The average Bonchev–Trinajstić information content (AvgIpc) is 2.33. The fraction of sp³-hybridized carbons (Fsp3) is 0.364. The van der Waals surface area contributed by atoms with Gasteiger partial charge < -0.3 is 4.74 Å². The lowest BCUT2D eigenvalue weighted by Gasteiger charge is -2.11. The van der Waals surface area contributed by atoms with Gasteiger partial charge in [0.25, 0.3) is 0 Å². The molecule has 0 amide bonds. The van der Waals surface area contributed by atoms with E-state index in [4.69, 9.17) is 34.8 Å². The minimum Gasteiger partial charge on any atom is -0.469 e. The first-order valence-electron chi connectivity index (χ1n) is 5.47. The van der Waals surface area contributed by atoms with Crippen LogP contribution in [0.3, 0.4) is 0 Å². The van der Waals surface area contributed by atoms with Crippen molar-refractivity contribution in [2.24, 2.45) is 0 Å². The zero-order valence-electron chi connectivity index (χ0n) is 10.5. The van der Waals surface area contributed by atoms with Crippen LogP contribution < -0.4 is 4.72 Å². The van der Waals surface area contributed by atoms with E-state index in [0.29, 0.717) is 5.02 Å². The number of anilines is 1. The highest BCUT2D eigenvalue weighted by molar-refractivity contribution is 7.92. The summed E-state index contributed by atoms with van der Waals surface area (Å²) in [5.74, 6) is -0.722. The third kappa shape index (κ3) is 5.36. The summed E-state index contributed by atoms with van der Waals surface area (Å²) in [6.45, 7) is 0. The number of hydrogen-bond donors (Lipinski definition) is 1. The molecule has 1 aromatic carbocycles. The minimum atomic E-state index is -3.67. The van der Waals surface area contributed by atoms with Crippen molar-refractivity contribution in [3.8, 4) is 0 Å². The molecule has 0 fully saturated rings. The van der Waals surface area contributed by atoms with E-state index in [9.17, 15) is 13.2 Å². The highest BCUT2D eigenvalue weighted by Gasteiger charge is 2.16. The number of methoxy groups -OCH3 is 1. The first-order valence-corrected chi connectivity index (χ1v) is 8.25. The van der Waals surface area contributed by atoms with Crippen molar-refractivity contribution in [1.82, 2.24) is 0 Å². The molecular weight excluding hydrogens is 349 g/mol. The fourth-order valence-electron chi connectivity index (χ4n) is 1.35. The highest BCUT2D eigenvalue weighted by atomic mass is 35.5. The van der Waals surface area contributed by atoms with Crippen molar-refractivity contribution in [3.63, 3.8) is 0 Å². The van der Waals surface area contributed by atoms with Gasteiger partial charge in [0.2, 0.25) is 10.0 Å². The van der Waals surface area contributed by atoms with Gasteiger partial charge in [-0.2, -0.15) is 0 Å². The van der Waals surface area contributed by atoms with E-state index in [2.05, 4.69) is 9.46 Å². The molecule has 1 rings (SSSR count). The predicted molar refractivity (Wildman–Crippen MR) is 80.1 cm³/mol. The molecule has 0 aliphatic carbocycles. The molecule has 0 spiro atoms. The number of esters is 1. The topological polar surface area (TPSA) is 72.5 Å². The fourth-order valence-corrected chi connectivity index (χ4v) is 3.54. The Kier molecular flexibility index (Phi) is 6.39. The number of rotatable bonds is 6. The van der Waals surface area contributed by atoms with Crippen LogP contribution in [0.1, 0.15) is 12.8 Å². The maximum atomic E-state index is 11.8. The predicted octanol–water partition coefficient (Wildman–Crippen LogP) is 3.34. The molecule has 0 bridgehead atoms. The molecule has 0 aromatic heterocycles. The summed E-state index contributed by atoms with van der Waals surface area (Å²) >= 11 is 17.5. The number of sulfonamides is 1. The summed E-state index contributed by atoms with van der Waals surface area (Å²) < 4.78 is 30.4. The SMILES string of the molecule is COC(=O)CCCS(=O)(=O)Nc1c(Cl)cc(Cl)cc1Cl. The number of halogens is 3. The largest absolute Gasteiger partial charge is 0.469 e. The Balaban J connectivity index is 2.74. The van der Waals surface area contributed by atoms with E-state index in [1.807, 2.05) is 0 Å². The normalized spacial score (nSPS) is 11.2. The smallest absolute Gasteiger partial charge is 0.305 e. The number of carbonyl (C=O) groups is 1. The first kappa shape index (κ1) is 17.4. The maximum Gasteiger partial charge on any atom is 0.305 e. The number of carbonyl (C=O) groups excluding carboxylic acids is 1. The van der Waals surface area contributed by atoms with Crippen LogP contribution in [0.25, 0.3) is 0 Å². The molecule has 0 heterocycles. The van der Waals surface area contributed by atoms with Gasteiger partial charge in [-0.15, -0.1) is 0 Å². The van der Waals surface area contributed by atoms with Crippen LogP contribution in [0.5, 0.6) is 0 Å². The van der Waals surface area contributed by atoms with Gasteiger partial charge in [-0.1, -0.05) is 34.8 Å². The van der Waals surface area contributed by atoms with E-state index >= 15 is 0 Å². The van der Waals surface area contributed by atoms with Crippen LogP contribution in [0.2, 0.25) is 15.1 Å². The number of benzene rings is 1. The summed E-state index contributed by atoms with van der Waals surface area (Å²) in [7, 11) is -2.43. The Morgan fingerprint density at radius 3 is 2.30 bits per heavy atom. The van der Waals surface area contributed by atoms with Gasteiger partial charge in [0.15, 0.2) is 0 Å².